The molecule has 0 aromatic heterocycles. The molecule has 0 fully saturated rings. The van der Waals surface area contributed by atoms with E-state index in [0.717, 1.165) is 5.56 Å². The maximum Gasteiger partial charge on any atom is 0.311 e. The van der Waals surface area contributed by atoms with Crippen LogP contribution < -0.4 is 0 Å². The summed E-state index contributed by atoms with van der Waals surface area (Å²) >= 11 is 0. The number of rotatable bonds is 6. The molecule has 1 rings (SSSR count). The summed E-state index contributed by atoms with van der Waals surface area (Å²) in [5, 5.41) is 19.1. The first-order chi connectivity index (χ1) is 9.68. The third kappa shape index (κ3) is 3.63. The van der Waals surface area contributed by atoms with Crippen LogP contribution >= 0.6 is 0 Å². The Kier molecular flexibility index (Phi) is 5.53. The quantitative estimate of drug-likeness (QED) is 0.839. The number of hydrogen-bond acceptors (Lipinski definition) is 2. The Labute approximate surface area is 125 Å². The van der Waals surface area contributed by atoms with E-state index in [1.54, 1.807) is 12.1 Å². The second kappa shape index (κ2) is 6.74. The fraction of sp³-hybridized carbons (Fsp3) is 0.529. The van der Waals surface area contributed by atoms with E-state index in [9.17, 15) is 19.8 Å². The lowest BCUT2D eigenvalue weighted by Crippen LogP contribution is -2.25. The molecule has 1 aromatic rings. The highest BCUT2D eigenvalue weighted by Crippen LogP contribution is 2.36. The van der Waals surface area contributed by atoms with Gasteiger partial charge >= 0.3 is 11.9 Å². The van der Waals surface area contributed by atoms with E-state index < -0.39 is 23.8 Å². The maximum atomic E-state index is 11.7. The molecule has 4 heteroatoms. The van der Waals surface area contributed by atoms with Gasteiger partial charge < -0.3 is 10.2 Å². The minimum Gasteiger partial charge on any atom is -0.481 e. The van der Waals surface area contributed by atoms with Crippen LogP contribution in [0, 0.1) is 18.8 Å². The first-order valence-electron chi connectivity index (χ1n) is 7.23. The standard InChI is InChI=1S/C17H24O4/c1-9(2)13(16(18)19)12-8-6-7-11(5)15(12)14(10(3)4)17(20)21/h6-10,13-14H,1-5H3,(H,18,19)(H,20,21). The molecule has 2 N–H and O–H groups in total. The van der Waals surface area contributed by atoms with Gasteiger partial charge in [0.25, 0.3) is 0 Å². The molecule has 0 aliphatic carbocycles. The average molecular weight is 292 g/mol. The first kappa shape index (κ1) is 17.2. The second-order valence-electron chi connectivity index (χ2n) is 6.20. The van der Waals surface area contributed by atoms with Crippen molar-refractivity contribution >= 4 is 11.9 Å². The zero-order valence-electron chi connectivity index (χ0n) is 13.3. The molecule has 1 aromatic carbocycles. The molecule has 0 spiro atoms. The van der Waals surface area contributed by atoms with E-state index in [-0.39, 0.29) is 11.8 Å². The fourth-order valence-electron chi connectivity index (χ4n) is 2.92. The SMILES string of the molecule is Cc1cccc(C(C(=O)O)C(C)C)c1C(C(=O)O)C(C)C. The van der Waals surface area contributed by atoms with Gasteiger partial charge in [-0.05, 0) is 35.4 Å². The summed E-state index contributed by atoms with van der Waals surface area (Å²) in [6, 6.07) is 5.39. The monoisotopic (exact) mass is 292 g/mol. The van der Waals surface area contributed by atoms with Crippen LogP contribution in [-0.4, -0.2) is 22.2 Å². The van der Waals surface area contributed by atoms with Crippen molar-refractivity contribution in [1.29, 1.82) is 0 Å². The lowest BCUT2D eigenvalue weighted by atomic mass is 9.77. The Balaban J connectivity index is 3.58. The predicted octanol–water partition coefficient (Wildman–Crippen LogP) is 3.64. The maximum absolute atomic E-state index is 11.7. The van der Waals surface area contributed by atoms with Crippen LogP contribution in [0.15, 0.2) is 18.2 Å². The van der Waals surface area contributed by atoms with Crippen LogP contribution in [0.1, 0.15) is 56.2 Å². The minimum atomic E-state index is -0.912. The molecule has 0 heterocycles. The number of benzene rings is 1. The van der Waals surface area contributed by atoms with Gasteiger partial charge in [0.05, 0.1) is 11.8 Å². The van der Waals surface area contributed by atoms with Crippen LogP contribution in [0.5, 0.6) is 0 Å². The average Bonchev–Trinajstić information content (AvgIpc) is 2.31. The molecule has 2 atom stereocenters. The Morgan fingerprint density at radius 1 is 0.905 bits per heavy atom. The van der Waals surface area contributed by atoms with Crippen LogP contribution in [0.2, 0.25) is 0 Å². The predicted molar refractivity (Wildman–Crippen MR) is 81.6 cm³/mol. The van der Waals surface area contributed by atoms with E-state index in [1.807, 2.05) is 40.7 Å². The highest BCUT2D eigenvalue weighted by molar-refractivity contribution is 5.81. The van der Waals surface area contributed by atoms with Crippen molar-refractivity contribution in [3.63, 3.8) is 0 Å². The van der Waals surface area contributed by atoms with Gasteiger partial charge in [-0.25, -0.2) is 0 Å². The zero-order chi connectivity index (χ0) is 16.3. The smallest absolute Gasteiger partial charge is 0.311 e. The summed E-state index contributed by atoms with van der Waals surface area (Å²) < 4.78 is 0. The molecular weight excluding hydrogens is 268 g/mol. The molecule has 4 nitrogen and oxygen atoms in total. The highest BCUT2D eigenvalue weighted by Gasteiger charge is 2.33. The van der Waals surface area contributed by atoms with Crippen molar-refractivity contribution in [3.05, 3.63) is 34.9 Å². The summed E-state index contributed by atoms with van der Waals surface area (Å²) in [6.07, 6.45) is 0. The molecular formula is C17H24O4. The number of aryl methyl sites for hydroxylation is 1. The molecule has 116 valence electrons. The first-order valence-corrected chi connectivity index (χ1v) is 7.23. The Hall–Kier alpha value is -1.84. The summed E-state index contributed by atoms with van der Waals surface area (Å²) in [6.45, 7) is 9.22. The van der Waals surface area contributed by atoms with Crippen molar-refractivity contribution in [3.8, 4) is 0 Å². The van der Waals surface area contributed by atoms with E-state index in [2.05, 4.69) is 0 Å². The lowest BCUT2D eigenvalue weighted by Gasteiger charge is -2.26. The molecule has 2 unspecified atom stereocenters. The zero-order valence-corrected chi connectivity index (χ0v) is 13.3. The largest absolute Gasteiger partial charge is 0.481 e. The van der Waals surface area contributed by atoms with E-state index >= 15 is 0 Å². The third-order valence-electron chi connectivity index (χ3n) is 3.87. The number of aliphatic carboxylic acids is 2. The van der Waals surface area contributed by atoms with Gasteiger partial charge in [-0.1, -0.05) is 45.9 Å². The third-order valence-corrected chi connectivity index (χ3v) is 3.87. The Bertz CT molecular complexity index is 532. The topological polar surface area (TPSA) is 74.6 Å². The summed E-state index contributed by atoms with van der Waals surface area (Å²) in [7, 11) is 0. The van der Waals surface area contributed by atoms with Gasteiger partial charge in [0.15, 0.2) is 0 Å². The molecule has 0 amide bonds. The molecule has 0 aliphatic rings. The molecule has 21 heavy (non-hydrogen) atoms. The van der Waals surface area contributed by atoms with Gasteiger partial charge in [0.1, 0.15) is 0 Å². The second-order valence-corrected chi connectivity index (χ2v) is 6.20. The fourth-order valence-corrected chi connectivity index (χ4v) is 2.92. The van der Waals surface area contributed by atoms with E-state index in [4.69, 9.17) is 0 Å². The number of carbonyl (C=O) groups is 2. The van der Waals surface area contributed by atoms with Gasteiger partial charge in [0, 0.05) is 0 Å². The van der Waals surface area contributed by atoms with Gasteiger partial charge in [-0.2, -0.15) is 0 Å². The number of carboxylic acids is 2. The van der Waals surface area contributed by atoms with Crippen LogP contribution in [0.25, 0.3) is 0 Å². The van der Waals surface area contributed by atoms with Crippen molar-refractivity contribution < 1.29 is 19.8 Å². The van der Waals surface area contributed by atoms with Crippen molar-refractivity contribution in [2.75, 3.05) is 0 Å². The summed E-state index contributed by atoms with van der Waals surface area (Å²) in [5.74, 6) is -3.42. The Morgan fingerprint density at radius 3 is 1.76 bits per heavy atom. The Morgan fingerprint density at radius 2 is 1.38 bits per heavy atom. The number of carboxylic acid groups (broad SMARTS) is 2. The van der Waals surface area contributed by atoms with Crippen LogP contribution in [-0.2, 0) is 9.59 Å². The van der Waals surface area contributed by atoms with Gasteiger partial charge in [0.2, 0.25) is 0 Å². The normalized spacial score (nSPS) is 14.2. The van der Waals surface area contributed by atoms with Crippen LogP contribution in [0.4, 0.5) is 0 Å². The van der Waals surface area contributed by atoms with E-state index in [0.29, 0.717) is 11.1 Å². The molecule has 0 radical (unpaired) electrons. The van der Waals surface area contributed by atoms with Crippen molar-refractivity contribution in [2.24, 2.45) is 11.8 Å². The summed E-state index contributed by atoms with van der Waals surface area (Å²) in [5.41, 5.74) is 2.11. The number of hydrogen-bond donors (Lipinski definition) is 2. The van der Waals surface area contributed by atoms with Crippen molar-refractivity contribution in [2.45, 2.75) is 46.5 Å². The molecule has 0 aliphatic heterocycles. The summed E-state index contributed by atoms with van der Waals surface area (Å²) in [4.78, 5) is 23.3. The highest BCUT2D eigenvalue weighted by atomic mass is 16.4. The molecule has 0 bridgehead atoms. The van der Waals surface area contributed by atoms with Gasteiger partial charge in [-0.15, -0.1) is 0 Å². The molecule has 0 saturated carbocycles. The lowest BCUT2D eigenvalue weighted by molar-refractivity contribution is -0.141. The minimum absolute atomic E-state index is 0.107. The van der Waals surface area contributed by atoms with Crippen molar-refractivity contribution in [1.82, 2.24) is 0 Å². The van der Waals surface area contributed by atoms with E-state index in [1.165, 1.54) is 0 Å². The van der Waals surface area contributed by atoms with Crippen LogP contribution in [0.3, 0.4) is 0 Å². The van der Waals surface area contributed by atoms with Gasteiger partial charge in [-0.3, -0.25) is 9.59 Å². The molecule has 0 saturated heterocycles.